The van der Waals surface area contributed by atoms with Gasteiger partial charge in [-0.05, 0) is 11.6 Å². The number of aromatic hydroxyl groups is 1. The topological polar surface area (TPSA) is 103 Å². The molecular formula is C7H2ClF3N2O5. The molecule has 0 radical (unpaired) electrons. The molecule has 0 fully saturated rings. The number of nitrogens with zero attached hydrogens (tertiary/aromatic N) is 2. The molecule has 1 heterocycles. The first-order valence-electron chi connectivity index (χ1n) is 3.95. The summed E-state index contributed by atoms with van der Waals surface area (Å²) in [5.74, 6) is -2.99. The van der Waals surface area contributed by atoms with E-state index in [1.165, 1.54) is 0 Å². The Balaban J connectivity index is 3.40. The quantitative estimate of drug-likeness (QED) is 0.517. The minimum atomic E-state index is -5.20. The van der Waals surface area contributed by atoms with Gasteiger partial charge in [0.2, 0.25) is 0 Å². The van der Waals surface area contributed by atoms with Crippen LogP contribution in [-0.2, 0) is 0 Å². The van der Waals surface area contributed by atoms with Crippen molar-refractivity contribution in [2.24, 2.45) is 0 Å². The number of carbonyl (C=O) groups is 1. The highest BCUT2D eigenvalue weighted by Crippen LogP contribution is 2.39. The van der Waals surface area contributed by atoms with Gasteiger partial charge in [0.05, 0.1) is 11.1 Å². The van der Waals surface area contributed by atoms with Crippen molar-refractivity contribution in [1.82, 2.24) is 4.98 Å². The zero-order valence-electron chi connectivity index (χ0n) is 8.06. The lowest BCUT2D eigenvalue weighted by Gasteiger charge is -2.09. The van der Waals surface area contributed by atoms with Crippen molar-refractivity contribution in [2.75, 3.05) is 0 Å². The number of rotatable bonds is 3. The molecular weight excluding hydrogens is 285 g/mol. The fraction of sp³-hybridized carbons (Fsp3) is 0.143. The van der Waals surface area contributed by atoms with Crippen LogP contribution in [0.5, 0.6) is 11.6 Å². The van der Waals surface area contributed by atoms with Crippen molar-refractivity contribution in [3.63, 3.8) is 0 Å². The van der Waals surface area contributed by atoms with Gasteiger partial charge in [-0.3, -0.25) is 14.9 Å². The van der Waals surface area contributed by atoms with Gasteiger partial charge in [-0.2, -0.15) is 0 Å². The number of carbonyl (C=O) groups excluding carboxylic acids is 1. The predicted octanol–water partition coefficient (Wildman–Crippen LogP) is 1.97. The SMILES string of the molecule is O=C(Cl)c1cnc(OC(F)(F)F)c(O)c1[N+](=O)[O-]. The molecule has 0 aliphatic heterocycles. The summed E-state index contributed by atoms with van der Waals surface area (Å²) in [6.07, 6.45) is -4.81. The van der Waals surface area contributed by atoms with E-state index in [2.05, 4.69) is 9.72 Å². The number of hydrogen-bond acceptors (Lipinski definition) is 6. The Kier molecular flexibility index (Phi) is 3.60. The van der Waals surface area contributed by atoms with Crippen molar-refractivity contribution in [1.29, 1.82) is 0 Å². The van der Waals surface area contributed by atoms with E-state index < -0.39 is 39.4 Å². The first-order chi connectivity index (χ1) is 8.13. The number of halogens is 4. The number of aromatic nitrogens is 1. The zero-order valence-corrected chi connectivity index (χ0v) is 8.82. The normalized spacial score (nSPS) is 11.1. The standard InChI is InChI=1S/C7H2ClF3N2O5/c8-5(15)2-1-12-6(18-7(9,10)11)4(14)3(2)13(16)17/h1,14H. The number of ether oxygens (including phenoxy) is 1. The molecule has 98 valence electrons. The second kappa shape index (κ2) is 4.64. The van der Waals surface area contributed by atoms with Crippen LogP contribution in [0.4, 0.5) is 18.9 Å². The van der Waals surface area contributed by atoms with Crippen LogP contribution in [0, 0.1) is 10.1 Å². The molecule has 1 aromatic heterocycles. The highest BCUT2D eigenvalue weighted by atomic mass is 35.5. The molecule has 1 rings (SSSR count). The van der Waals surface area contributed by atoms with Gasteiger partial charge in [0.1, 0.15) is 5.56 Å². The summed E-state index contributed by atoms with van der Waals surface area (Å²) >= 11 is 4.95. The average Bonchev–Trinajstić information content (AvgIpc) is 2.17. The Morgan fingerprint density at radius 2 is 2.11 bits per heavy atom. The highest BCUT2D eigenvalue weighted by Gasteiger charge is 2.36. The largest absolute Gasteiger partial charge is 0.574 e. The van der Waals surface area contributed by atoms with Gasteiger partial charge in [0, 0.05) is 0 Å². The maximum Gasteiger partial charge on any atom is 0.574 e. The zero-order chi connectivity index (χ0) is 14.1. The average molecular weight is 287 g/mol. The molecule has 18 heavy (non-hydrogen) atoms. The van der Waals surface area contributed by atoms with Crippen LogP contribution >= 0.6 is 11.6 Å². The Bertz CT molecular complexity index is 519. The third-order valence-electron chi connectivity index (χ3n) is 1.60. The van der Waals surface area contributed by atoms with Crippen LogP contribution in [0.2, 0.25) is 0 Å². The van der Waals surface area contributed by atoms with Crippen LogP contribution in [0.1, 0.15) is 10.4 Å². The molecule has 7 nitrogen and oxygen atoms in total. The van der Waals surface area contributed by atoms with Gasteiger partial charge in [0.15, 0.2) is 0 Å². The van der Waals surface area contributed by atoms with E-state index in [-0.39, 0.29) is 0 Å². The highest BCUT2D eigenvalue weighted by molar-refractivity contribution is 6.68. The summed E-state index contributed by atoms with van der Waals surface area (Å²) < 4.78 is 38.9. The van der Waals surface area contributed by atoms with Crippen molar-refractivity contribution in [3.05, 3.63) is 21.9 Å². The third kappa shape index (κ3) is 2.97. The first kappa shape index (κ1) is 14.0. The monoisotopic (exact) mass is 286 g/mol. The number of pyridine rings is 1. The van der Waals surface area contributed by atoms with E-state index in [0.717, 1.165) is 0 Å². The second-order valence-corrected chi connectivity index (χ2v) is 3.10. The van der Waals surface area contributed by atoms with Crippen LogP contribution in [0.25, 0.3) is 0 Å². The van der Waals surface area contributed by atoms with Crippen molar-refractivity contribution in [2.45, 2.75) is 6.36 Å². The third-order valence-corrected chi connectivity index (χ3v) is 1.80. The van der Waals surface area contributed by atoms with Crippen LogP contribution in [-0.4, -0.2) is 26.6 Å². The predicted molar refractivity (Wildman–Crippen MR) is 49.4 cm³/mol. The Hall–Kier alpha value is -2.10. The minimum Gasteiger partial charge on any atom is -0.498 e. The number of alkyl halides is 3. The lowest BCUT2D eigenvalue weighted by atomic mass is 10.2. The molecule has 0 amide bonds. The van der Waals surface area contributed by atoms with Gasteiger partial charge < -0.3 is 9.84 Å². The van der Waals surface area contributed by atoms with Crippen LogP contribution < -0.4 is 4.74 Å². The summed E-state index contributed by atoms with van der Waals surface area (Å²) in [7, 11) is 0. The van der Waals surface area contributed by atoms with Gasteiger partial charge in [-0.25, -0.2) is 4.98 Å². The van der Waals surface area contributed by atoms with E-state index in [1.54, 1.807) is 0 Å². The molecule has 0 spiro atoms. The van der Waals surface area contributed by atoms with Gasteiger partial charge in [-0.1, -0.05) is 0 Å². The minimum absolute atomic E-state index is 0.397. The first-order valence-corrected chi connectivity index (χ1v) is 4.33. The van der Waals surface area contributed by atoms with Crippen LogP contribution in [0.3, 0.4) is 0 Å². The molecule has 0 unspecified atom stereocenters. The summed E-state index contributed by atoms with van der Waals surface area (Å²) in [4.78, 5) is 22.9. The van der Waals surface area contributed by atoms with Gasteiger partial charge >= 0.3 is 12.0 Å². The summed E-state index contributed by atoms with van der Waals surface area (Å²) in [6, 6.07) is 0. The number of hydrogen-bond donors (Lipinski definition) is 1. The second-order valence-electron chi connectivity index (χ2n) is 2.75. The summed E-state index contributed by atoms with van der Waals surface area (Å²) in [6.45, 7) is 0. The Morgan fingerprint density at radius 3 is 2.50 bits per heavy atom. The Morgan fingerprint density at radius 1 is 1.56 bits per heavy atom. The summed E-state index contributed by atoms with van der Waals surface area (Å²) in [5, 5.41) is 18.4. The molecule has 11 heteroatoms. The molecule has 0 saturated heterocycles. The van der Waals surface area contributed by atoms with E-state index in [0.29, 0.717) is 6.20 Å². The molecule has 1 N–H and O–H groups in total. The Labute approximate surface area is 101 Å². The molecule has 0 aliphatic carbocycles. The molecule has 0 saturated carbocycles. The summed E-state index contributed by atoms with van der Waals surface area (Å²) in [5.41, 5.74) is -2.17. The molecule has 0 atom stereocenters. The lowest BCUT2D eigenvalue weighted by Crippen LogP contribution is -2.18. The fourth-order valence-electron chi connectivity index (χ4n) is 0.987. The van der Waals surface area contributed by atoms with E-state index in [9.17, 15) is 33.2 Å². The van der Waals surface area contributed by atoms with Gasteiger partial charge in [0.25, 0.3) is 16.9 Å². The van der Waals surface area contributed by atoms with E-state index in [1.807, 2.05) is 0 Å². The van der Waals surface area contributed by atoms with E-state index in [4.69, 9.17) is 11.6 Å². The van der Waals surface area contributed by atoms with Crippen molar-refractivity contribution >= 4 is 22.5 Å². The smallest absolute Gasteiger partial charge is 0.498 e. The van der Waals surface area contributed by atoms with Crippen molar-refractivity contribution in [3.8, 4) is 11.6 Å². The fourth-order valence-corrected chi connectivity index (χ4v) is 1.13. The van der Waals surface area contributed by atoms with Gasteiger partial charge in [-0.15, -0.1) is 13.2 Å². The van der Waals surface area contributed by atoms with Crippen LogP contribution in [0.15, 0.2) is 6.20 Å². The molecule has 0 aliphatic rings. The molecule has 0 bridgehead atoms. The molecule has 1 aromatic rings. The maximum atomic E-state index is 11.9. The lowest BCUT2D eigenvalue weighted by molar-refractivity contribution is -0.386. The van der Waals surface area contributed by atoms with E-state index >= 15 is 0 Å². The number of nitro groups is 1. The van der Waals surface area contributed by atoms with Crippen molar-refractivity contribution < 1.29 is 32.7 Å². The molecule has 0 aromatic carbocycles. The maximum absolute atomic E-state index is 11.9.